The monoisotopic (exact) mass is 800 g/mol. The van der Waals surface area contributed by atoms with Gasteiger partial charge in [-0.05, 0) is 58.4 Å². The minimum Gasteiger partial charge on any atom is -0.508 e. The van der Waals surface area contributed by atoms with Crippen LogP contribution in [0.15, 0.2) is 53.1 Å². The van der Waals surface area contributed by atoms with Crippen LogP contribution in [0.4, 0.5) is 0 Å². The van der Waals surface area contributed by atoms with Crippen molar-refractivity contribution in [2.75, 3.05) is 0 Å². The van der Waals surface area contributed by atoms with Crippen LogP contribution in [0.1, 0.15) is 55.4 Å². The SMILES string of the molecule is CC1(C)S[C@@H]2[C@H](NC(=O)[C@H](N)c3ccc(O)cc3)C(=O)N2[C@H]1C(=O)O.Cc1onc(-c2ccccc2Cl)c1C(=O)N[C@@H]1C(=O)N2[C@@H]1SC(C)(C)[C@@H]2C(=O)O. The van der Waals surface area contributed by atoms with E-state index in [4.69, 9.17) is 21.9 Å². The lowest BCUT2D eigenvalue weighted by atomic mass is 9.95. The molecule has 0 bridgehead atoms. The molecule has 2 aromatic carbocycles. The lowest BCUT2D eigenvalue weighted by Gasteiger charge is -2.43. The second kappa shape index (κ2) is 14.1. The summed E-state index contributed by atoms with van der Waals surface area (Å²) in [6, 6.07) is 8.39. The number of fused-ring (bicyclic) bond motifs is 2. The quantitative estimate of drug-likeness (QED) is 0.180. The van der Waals surface area contributed by atoms with Gasteiger partial charge in [-0.1, -0.05) is 47.1 Å². The van der Waals surface area contributed by atoms with Gasteiger partial charge in [0.05, 0.1) is 5.02 Å². The van der Waals surface area contributed by atoms with Crippen molar-refractivity contribution in [3.63, 3.8) is 0 Å². The number of hydrogen-bond donors (Lipinski definition) is 6. The summed E-state index contributed by atoms with van der Waals surface area (Å²) in [5.74, 6) is -3.63. The molecule has 7 rings (SSSR count). The number of amides is 4. The number of aromatic nitrogens is 1. The van der Waals surface area contributed by atoms with Gasteiger partial charge < -0.3 is 46.0 Å². The van der Waals surface area contributed by atoms with Gasteiger partial charge >= 0.3 is 11.9 Å². The zero-order valence-corrected chi connectivity index (χ0v) is 31.9. The largest absolute Gasteiger partial charge is 0.508 e. The molecule has 1 aromatic heterocycles. The lowest BCUT2D eigenvalue weighted by molar-refractivity contribution is -0.161. The third kappa shape index (κ3) is 6.64. The zero-order chi connectivity index (χ0) is 39.6. The number of aromatic hydroxyl groups is 1. The predicted molar refractivity (Wildman–Crippen MR) is 197 cm³/mol. The Balaban J connectivity index is 0.000000186. The number of carboxylic acids is 2. The Hall–Kier alpha value is -4.78. The first-order chi connectivity index (χ1) is 25.3. The Bertz CT molecular complexity index is 2060. The summed E-state index contributed by atoms with van der Waals surface area (Å²) in [5, 5.41) is 37.0. The van der Waals surface area contributed by atoms with Crippen molar-refractivity contribution < 1.29 is 48.6 Å². The number of carboxylic acid groups (broad SMARTS) is 2. The van der Waals surface area contributed by atoms with Crippen molar-refractivity contribution in [3.8, 4) is 17.0 Å². The number of nitrogens with two attached hydrogens (primary N) is 1. The van der Waals surface area contributed by atoms with Crippen LogP contribution in [0, 0.1) is 6.92 Å². The fourth-order valence-electron chi connectivity index (χ4n) is 7.06. The number of thioether (sulfide) groups is 2. The highest BCUT2D eigenvalue weighted by Gasteiger charge is 2.65. The summed E-state index contributed by atoms with van der Waals surface area (Å²) < 4.78 is 3.89. The molecule has 0 spiro atoms. The molecule has 7 atom stereocenters. The normalized spacial score (nSPS) is 26.3. The maximum Gasteiger partial charge on any atom is 0.327 e. The van der Waals surface area contributed by atoms with Crippen LogP contribution < -0.4 is 16.4 Å². The van der Waals surface area contributed by atoms with Crippen LogP contribution in [0.2, 0.25) is 5.02 Å². The molecule has 19 heteroatoms. The van der Waals surface area contributed by atoms with E-state index in [1.807, 2.05) is 0 Å². The minimum atomic E-state index is -1.06. The van der Waals surface area contributed by atoms with Gasteiger partial charge in [0.2, 0.25) is 17.7 Å². The van der Waals surface area contributed by atoms with Gasteiger partial charge in [-0.25, -0.2) is 9.59 Å². The number of phenolic OH excluding ortho intramolecular Hbond substituents is 1. The number of aliphatic carboxylic acids is 2. The highest BCUT2D eigenvalue weighted by Crippen LogP contribution is 2.52. The molecular weight excluding hydrogens is 764 g/mol. The van der Waals surface area contributed by atoms with Crippen molar-refractivity contribution in [3.05, 3.63) is 70.4 Å². The molecule has 54 heavy (non-hydrogen) atoms. The van der Waals surface area contributed by atoms with Crippen LogP contribution in [-0.2, 0) is 24.0 Å². The summed E-state index contributed by atoms with van der Waals surface area (Å²) in [4.78, 5) is 76.0. The van der Waals surface area contributed by atoms with Gasteiger partial charge in [-0.15, -0.1) is 23.5 Å². The van der Waals surface area contributed by atoms with E-state index in [2.05, 4.69) is 15.8 Å². The predicted octanol–water partition coefficient (Wildman–Crippen LogP) is 2.57. The average Bonchev–Trinajstić information content (AvgIpc) is 3.70. The van der Waals surface area contributed by atoms with E-state index in [1.54, 1.807) is 58.9 Å². The zero-order valence-electron chi connectivity index (χ0n) is 29.5. The van der Waals surface area contributed by atoms with E-state index in [-0.39, 0.29) is 17.0 Å². The maximum absolute atomic E-state index is 13.0. The number of nitrogens with zero attached hydrogens (tertiary/aromatic N) is 3. The van der Waals surface area contributed by atoms with Gasteiger partial charge in [0.15, 0.2) is 0 Å². The standard InChI is InChI=1S/C19H18ClN3O5S.C16H19N3O5S/c1-8-11(12(22-28-8)9-6-4-5-7-10(9)20)15(24)21-13-16(25)23-14(18(26)27)19(2,3)29-17(13)23;1-16(2)11(15(23)24)19-13(22)10(14(19)25-16)18-12(21)9(17)7-3-5-8(20)6-4-7/h4-7,13-14,17H,1-3H3,(H,21,24)(H,26,27);3-6,9-11,14,20H,17H2,1-2H3,(H,18,21)(H,23,24)/t13-,14+,17-;9-,10-,11+,14-/m11/s1. The minimum absolute atomic E-state index is 0.0606. The summed E-state index contributed by atoms with van der Waals surface area (Å²) in [7, 11) is 0. The van der Waals surface area contributed by atoms with Gasteiger partial charge in [0, 0.05) is 15.1 Å². The summed E-state index contributed by atoms with van der Waals surface area (Å²) >= 11 is 8.94. The molecule has 4 aliphatic heterocycles. The summed E-state index contributed by atoms with van der Waals surface area (Å²) in [6.45, 7) is 8.69. The van der Waals surface area contributed by atoms with Crippen LogP contribution in [-0.4, -0.2) is 110 Å². The topological polar surface area (TPSA) is 246 Å². The summed E-state index contributed by atoms with van der Waals surface area (Å²) in [5.41, 5.74) is 7.44. The molecule has 4 fully saturated rings. The number of aryl methyl sites for hydroxylation is 1. The third-order valence-electron chi connectivity index (χ3n) is 9.69. The molecule has 16 nitrogen and oxygen atoms in total. The number of benzene rings is 2. The molecule has 0 radical (unpaired) electrons. The van der Waals surface area contributed by atoms with Crippen LogP contribution >= 0.6 is 35.1 Å². The fraction of sp³-hybridized carbons (Fsp3) is 0.400. The Morgan fingerprint density at radius 2 is 1.37 bits per heavy atom. The van der Waals surface area contributed by atoms with Crippen LogP contribution in [0.3, 0.4) is 0 Å². The Labute approximate surface area is 322 Å². The third-order valence-corrected chi connectivity index (χ3v) is 13.2. The Morgan fingerprint density at radius 1 is 0.870 bits per heavy atom. The molecule has 4 aliphatic rings. The van der Waals surface area contributed by atoms with Crippen molar-refractivity contribution in [1.82, 2.24) is 25.6 Å². The molecule has 3 aromatic rings. The first-order valence-electron chi connectivity index (χ1n) is 16.6. The molecule has 4 saturated heterocycles. The molecule has 7 N–H and O–H groups in total. The lowest BCUT2D eigenvalue weighted by Crippen LogP contribution is -2.71. The van der Waals surface area contributed by atoms with Crippen LogP contribution in [0.25, 0.3) is 11.3 Å². The maximum atomic E-state index is 13.0. The second-order valence-electron chi connectivity index (χ2n) is 14.1. The number of carbonyl (C=O) groups excluding carboxylic acids is 4. The molecule has 0 aliphatic carbocycles. The van der Waals surface area contributed by atoms with E-state index in [1.165, 1.54) is 57.6 Å². The summed E-state index contributed by atoms with van der Waals surface area (Å²) in [6.07, 6.45) is 0. The highest BCUT2D eigenvalue weighted by molar-refractivity contribution is 8.02. The number of halogens is 1. The molecule has 0 saturated carbocycles. The smallest absolute Gasteiger partial charge is 0.327 e. The van der Waals surface area contributed by atoms with Gasteiger partial charge in [0.25, 0.3) is 5.91 Å². The molecule has 0 unspecified atom stereocenters. The number of β-lactam (4-membered cyclic amide) rings is 2. The average molecular weight is 801 g/mol. The van der Waals surface area contributed by atoms with E-state index >= 15 is 0 Å². The first-order valence-corrected chi connectivity index (χ1v) is 18.7. The Morgan fingerprint density at radius 3 is 1.87 bits per heavy atom. The van der Waals surface area contributed by atoms with Gasteiger partial charge in [-0.3, -0.25) is 19.2 Å². The number of rotatable bonds is 8. The molecule has 4 amide bonds. The van der Waals surface area contributed by atoms with E-state index in [0.29, 0.717) is 21.9 Å². The fourth-order valence-corrected chi connectivity index (χ4v) is 10.5. The van der Waals surface area contributed by atoms with Crippen molar-refractivity contribution in [1.29, 1.82) is 0 Å². The van der Waals surface area contributed by atoms with E-state index in [0.717, 1.165) is 0 Å². The van der Waals surface area contributed by atoms with Crippen molar-refractivity contribution >= 4 is 70.7 Å². The van der Waals surface area contributed by atoms with Crippen molar-refractivity contribution in [2.45, 2.75) is 85.1 Å². The highest BCUT2D eigenvalue weighted by atomic mass is 35.5. The molecule has 286 valence electrons. The van der Waals surface area contributed by atoms with E-state index in [9.17, 15) is 44.1 Å². The number of nitrogens with one attached hydrogen (secondary N) is 2. The van der Waals surface area contributed by atoms with Crippen LogP contribution in [0.5, 0.6) is 5.75 Å². The number of phenols is 1. The second-order valence-corrected chi connectivity index (χ2v) is 18.1. The number of carbonyl (C=O) groups is 6. The number of hydrogen-bond acceptors (Lipinski definition) is 12. The molecular formula is C35H37ClN6O10S2. The first kappa shape index (κ1) is 38.9. The Kier molecular flexibility index (Phi) is 10.2. The van der Waals surface area contributed by atoms with Gasteiger partial charge in [0.1, 0.15) is 63.7 Å². The van der Waals surface area contributed by atoms with Gasteiger partial charge in [-0.2, -0.15) is 0 Å². The molecule has 5 heterocycles. The van der Waals surface area contributed by atoms with Crippen molar-refractivity contribution in [2.24, 2.45) is 5.73 Å². The van der Waals surface area contributed by atoms with E-state index < -0.39 is 86.0 Å².